The molecule has 0 radical (unpaired) electrons. The van der Waals surface area contributed by atoms with Gasteiger partial charge in [-0.05, 0) is 55.7 Å². The number of H-pyrrole nitrogens is 1. The normalized spacial score (nSPS) is 10.8. The molecule has 0 spiro atoms. The third-order valence-corrected chi connectivity index (χ3v) is 5.08. The van der Waals surface area contributed by atoms with E-state index in [1.807, 2.05) is 37.3 Å². The number of aromatic nitrogens is 3. The van der Waals surface area contributed by atoms with E-state index in [0.717, 1.165) is 30.3 Å². The van der Waals surface area contributed by atoms with Crippen molar-refractivity contribution < 1.29 is 9.53 Å². The Morgan fingerprint density at radius 1 is 1.23 bits per heavy atom. The molecule has 2 N–H and O–H groups in total. The van der Waals surface area contributed by atoms with Crippen LogP contribution in [0.1, 0.15) is 38.2 Å². The van der Waals surface area contributed by atoms with Gasteiger partial charge in [0.2, 0.25) is 11.8 Å². The Balaban J connectivity index is 1.42. The number of hydrogen-bond acceptors (Lipinski definition) is 5. The van der Waals surface area contributed by atoms with Gasteiger partial charge < -0.3 is 15.0 Å². The van der Waals surface area contributed by atoms with Gasteiger partial charge in [0.05, 0.1) is 17.5 Å². The number of nitrogens with zero attached hydrogens (tertiary/aromatic N) is 2. The van der Waals surface area contributed by atoms with Gasteiger partial charge in [0.1, 0.15) is 0 Å². The highest BCUT2D eigenvalue weighted by molar-refractivity contribution is 7.71. The maximum absolute atomic E-state index is 12.6. The Bertz CT molecular complexity index is 1120. The fourth-order valence-corrected chi connectivity index (χ4v) is 3.49. The van der Waals surface area contributed by atoms with Crippen molar-refractivity contribution in [2.75, 3.05) is 6.61 Å². The minimum atomic E-state index is -0.0733. The third-order valence-electron chi connectivity index (χ3n) is 4.76. The van der Waals surface area contributed by atoms with Crippen molar-refractivity contribution in [1.82, 2.24) is 19.9 Å². The molecule has 1 amide bonds. The lowest BCUT2D eigenvalue weighted by Crippen LogP contribution is -2.23. The highest BCUT2D eigenvalue weighted by Gasteiger charge is 2.06. The lowest BCUT2D eigenvalue weighted by Gasteiger charge is -2.09. The molecule has 158 valence electrons. The van der Waals surface area contributed by atoms with Crippen LogP contribution in [0.4, 0.5) is 0 Å². The molecule has 0 unspecified atom stereocenters. The van der Waals surface area contributed by atoms with Crippen LogP contribution in [0.2, 0.25) is 0 Å². The van der Waals surface area contributed by atoms with Crippen molar-refractivity contribution in [3.63, 3.8) is 0 Å². The quantitative estimate of drug-likeness (QED) is 0.381. The molecule has 0 fully saturated rings. The molecule has 2 heterocycles. The lowest BCUT2D eigenvalue weighted by molar-refractivity contribution is -0.121. The summed E-state index contributed by atoms with van der Waals surface area (Å²) in [5.41, 5.74) is 1.63. The first kappa shape index (κ1) is 21.7. The van der Waals surface area contributed by atoms with E-state index in [4.69, 9.17) is 17.0 Å². The molecule has 2 aromatic heterocycles. The van der Waals surface area contributed by atoms with Gasteiger partial charge in [-0.1, -0.05) is 18.6 Å². The van der Waals surface area contributed by atoms with Gasteiger partial charge in [-0.2, -0.15) is 0 Å². The summed E-state index contributed by atoms with van der Waals surface area (Å²) < 4.78 is 7.39. The molecule has 0 bridgehead atoms. The van der Waals surface area contributed by atoms with E-state index < -0.39 is 0 Å². The fourth-order valence-electron chi connectivity index (χ4n) is 3.21. The highest BCUT2D eigenvalue weighted by atomic mass is 32.1. The van der Waals surface area contributed by atoms with Crippen LogP contribution in [-0.2, 0) is 17.9 Å². The fraction of sp³-hybridized carbons (Fsp3) is 0.364. The number of rotatable bonds is 10. The van der Waals surface area contributed by atoms with Gasteiger partial charge in [-0.15, -0.1) is 0 Å². The van der Waals surface area contributed by atoms with Crippen molar-refractivity contribution in [1.29, 1.82) is 0 Å². The SMILES string of the molecule is CCOc1cc(CNC(=O)CCCCCn2c(=S)[nH]c3ccccc3c2=O)ccn1. The van der Waals surface area contributed by atoms with Gasteiger partial charge in [0.15, 0.2) is 4.77 Å². The van der Waals surface area contributed by atoms with Gasteiger partial charge in [0, 0.05) is 31.8 Å². The number of nitrogens with one attached hydrogen (secondary N) is 2. The van der Waals surface area contributed by atoms with E-state index in [0.29, 0.717) is 42.2 Å². The third kappa shape index (κ3) is 5.76. The van der Waals surface area contributed by atoms with Gasteiger partial charge in [-0.25, -0.2) is 4.98 Å². The molecule has 7 nitrogen and oxygen atoms in total. The molecule has 0 atom stereocenters. The predicted octanol–water partition coefficient (Wildman–Crippen LogP) is 3.73. The summed E-state index contributed by atoms with van der Waals surface area (Å²) in [6.45, 7) is 3.44. The molecule has 30 heavy (non-hydrogen) atoms. The van der Waals surface area contributed by atoms with Gasteiger partial charge in [0.25, 0.3) is 5.56 Å². The monoisotopic (exact) mass is 426 g/mol. The lowest BCUT2D eigenvalue weighted by atomic mass is 10.1. The number of aromatic amines is 1. The van der Waals surface area contributed by atoms with E-state index in [2.05, 4.69) is 15.3 Å². The summed E-state index contributed by atoms with van der Waals surface area (Å²) in [5.74, 6) is 0.566. The molecule has 1 aromatic carbocycles. The number of fused-ring (bicyclic) bond motifs is 1. The summed E-state index contributed by atoms with van der Waals surface area (Å²) in [4.78, 5) is 31.9. The van der Waals surface area contributed by atoms with E-state index in [1.54, 1.807) is 16.8 Å². The van der Waals surface area contributed by atoms with Gasteiger partial charge >= 0.3 is 0 Å². The second-order valence-electron chi connectivity index (χ2n) is 6.96. The average molecular weight is 427 g/mol. The molecule has 0 saturated carbocycles. The Morgan fingerprint density at radius 3 is 2.90 bits per heavy atom. The van der Waals surface area contributed by atoms with Crippen LogP contribution in [0, 0.1) is 4.77 Å². The zero-order valence-corrected chi connectivity index (χ0v) is 17.8. The van der Waals surface area contributed by atoms with Crippen molar-refractivity contribution >= 4 is 29.0 Å². The summed E-state index contributed by atoms with van der Waals surface area (Å²) in [6.07, 6.45) is 4.50. The maximum Gasteiger partial charge on any atom is 0.262 e. The molecular weight excluding hydrogens is 400 g/mol. The number of carbonyl (C=O) groups is 1. The number of unbranched alkanes of at least 4 members (excludes halogenated alkanes) is 2. The van der Waals surface area contributed by atoms with E-state index in [9.17, 15) is 9.59 Å². The number of para-hydroxylation sites is 1. The first-order chi connectivity index (χ1) is 14.6. The number of benzene rings is 1. The van der Waals surface area contributed by atoms with Crippen LogP contribution < -0.4 is 15.6 Å². The van der Waals surface area contributed by atoms with Crippen LogP contribution in [0.3, 0.4) is 0 Å². The second-order valence-corrected chi connectivity index (χ2v) is 7.34. The smallest absolute Gasteiger partial charge is 0.262 e. The van der Waals surface area contributed by atoms with Crippen molar-refractivity contribution in [2.45, 2.75) is 45.7 Å². The average Bonchev–Trinajstić information content (AvgIpc) is 2.74. The number of pyridine rings is 1. The summed E-state index contributed by atoms with van der Waals surface area (Å²) in [7, 11) is 0. The van der Waals surface area contributed by atoms with Crippen LogP contribution in [0.5, 0.6) is 5.88 Å². The molecule has 0 saturated heterocycles. The molecule has 8 heteroatoms. The largest absolute Gasteiger partial charge is 0.478 e. The summed E-state index contributed by atoms with van der Waals surface area (Å²) >= 11 is 5.32. The van der Waals surface area contributed by atoms with Crippen LogP contribution in [0.25, 0.3) is 10.9 Å². The predicted molar refractivity (Wildman–Crippen MR) is 119 cm³/mol. The minimum Gasteiger partial charge on any atom is -0.478 e. The van der Waals surface area contributed by atoms with Crippen molar-refractivity contribution in [2.24, 2.45) is 0 Å². The summed E-state index contributed by atoms with van der Waals surface area (Å²) in [5, 5.41) is 3.55. The Morgan fingerprint density at radius 2 is 2.07 bits per heavy atom. The van der Waals surface area contributed by atoms with Gasteiger partial charge in [-0.3, -0.25) is 14.2 Å². The molecular formula is C22H26N4O3S. The molecule has 0 aliphatic rings. The van der Waals surface area contributed by atoms with E-state index in [-0.39, 0.29) is 11.5 Å². The Kier molecular flexibility index (Phi) is 7.73. The topological polar surface area (TPSA) is 89.0 Å². The second kappa shape index (κ2) is 10.7. The minimum absolute atomic E-state index is 0.00457. The zero-order chi connectivity index (χ0) is 21.3. The van der Waals surface area contributed by atoms with E-state index in [1.165, 1.54) is 0 Å². The Hall–Kier alpha value is -3.00. The molecule has 3 rings (SSSR count). The molecule has 0 aliphatic carbocycles. The van der Waals surface area contributed by atoms with Crippen molar-refractivity contribution in [3.05, 3.63) is 63.3 Å². The molecule has 3 aromatic rings. The zero-order valence-electron chi connectivity index (χ0n) is 17.0. The highest BCUT2D eigenvalue weighted by Crippen LogP contribution is 2.10. The number of hydrogen-bond donors (Lipinski definition) is 2. The van der Waals surface area contributed by atoms with Crippen LogP contribution in [0.15, 0.2) is 47.4 Å². The number of ether oxygens (including phenoxy) is 1. The number of carbonyl (C=O) groups excluding carboxylic acids is 1. The molecule has 0 aliphatic heterocycles. The standard InChI is InChI=1S/C22H26N4O3S/c1-2-29-20-14-16(11-12-23-20)15-24-19(27)10-4-3-7-13-26-21(28)17-8-5-6-9-18(17)25-22(26)30/h5-6,8-9,11-12,14H,2-4,7,10,13,15H2,1H3,(H,24,27)(H,25,30). The van der Waals surface area contributed by atoms with E-state index >= 15 is 0 Å². The van der Waals surface area contributed by atoms with Crippen LogP contribution >= 0.6 is 12.2 Å². The first-order valence-corrected chi connectivity index (χ1v) is 10.6. The maximum atomic E-state index is 12.6. The first-order valence-electron chi connectivity index (χ1n) is 10.1. The summed E-state index contributed by atoms with van der Waals surface area (Å²) in [6, 6.07) is 11.0. The number of amides is 1. The van der Waals surface area contributed by atoms with Crippen molar-refractivity contribution in [3.8, 4) is 5.88 Å². The Labute approximate surface area is 180 Å². The van der Waals surface area contributed by atoms with Crippen LogP contribution in [-0.4, -0.2) is 27.0 Å².